The number of carbonyl (C=O) groups is 2. The third-order valence-electron chi connectivity index (χ3n) is 6.90. The van der Waals surface area contributed by atoms with E-state index < -0.39 is 5.54 Å². The van der Waals surface area contributed by atoms with Gasteiger partial charge in [-0.25, -0.2) is 15.0 Å². The molecule has 1 fully saturated rings. The highest BCUT2D eigenvalue weighted by Gasteiger charge is 2.46. The van der Waals surface area contributed by atoms with Crippen molar-refractivity contribution in [3.63, 3.8) is 0 Å². The summed E-state index contributed by atoms with van der Waals surface area (Å²) in [5, 5.41) is 0.647. The third kappa shape index (κ3) is 4.53. The van der Waals surface area contributed by atoms with E-state index in [1.165, 1.54) is 4.90 Å². The zero-order chi connectivity index (χ0) is 27.4. The van der Waals surface area contributed by atoms with Gasteiger partial charge in [0.1, 0.15) is 11.1 Å². The summed E-state index contributed by atoms with van der Waals surface area (Å²) in [6.45, 7) is 12.2. The van der Waals surface area contributed by atoms with Crippen LogP contribution in [0.25, 0.3) is 22.4 Å². The first kappa shape index (κ1) is 25.9. The molecule has 1 aliphatic heterocycles. The first-order valence-electron chi connectivity index (χ1n) is 12.5. The number of piperazine rings is 1. The second kappa shape index (κ2) is 9.20. The Kier molecular flexibility index (Phi) is 6.26. The summed E-state index contributed by atoms with van der Waals surface area (Å²) < 4.78 is 6.18. The quantitative estimate of drug-likeness (QED) is 0.331. The predicted octanol–water partition coefficient (Wildman–Crippen LogP) is 5.81. The molecular formula is C29H30ClN5O3. The molecule has 5 rings (SSSR count). The summed E-state index contributed by atoms with van der Waals surface area (Å²) in [5.41, 5.74) is 3.13. The lowest BCUT2D eigenvalue weighted by atomic mass is 9.86. The number of fused-ring (bicyclic) bond motifs is 1. The molecule has 0 N–H and O–H groups in total. The van der Waals surface area contributed by atoms with Crippen molar-refractivity contribution >= 4 is 40.5 Å². The van der Waals surface area contributed by atoms with Crippen molar-refractivity contribution in [1.29, 1.82) is 0 Å². The highest BCUT2D eigenvalue weighted by molar-refractivity contribution is 6.30. The van der Waals surface area contributed by atoms with Crippen molar-refractivity contribution in [2.24, 2.45) is 0 Å². The molecule has 38 heavy (non-hydrogen) atoms. The van der Waals surface area contributed by atoms with Crippen LogP contribution in [-0.2, 0) is 10.2 Å². The van der Waals surface area contributed by atoms with Crippen molar-refractivity contribution in [1.82, 2.24) is 19.9 Å². The summed E-state index contributed by atoms with van der Waals surface area (Å²) in [6.07, 6.45) is 1.63. The van der Waals surface area contributed by atoms with Crippen LogP contribution in [0, 0.1) is 6.92 Å². The molecule has 1 saturated heterocycles. The molecule has 4 aromatic rings. The zero-order valence-electron chi connectivity index (χ0n) is 22.4. The highest BCUT2D eigenvalue weighted by Crippen LogP contribution is 2.36. The van der Waals surface area contributed by atoms with Gasteiger partial charge >= 0.3 is 0 Å². The van der Waals surface area contributed by atoms with Gasteiger partial charge in [-0.3, -0.25) is 14.5 Å². The second-order valence-electron chi connectivity index (χ2n) is 11.1. The summed E-state index contributed by atoms with van der Waals surface area (Å²) in [5.74, 6) is -0.128. The molecule has 0 aliphatic carbocycles. The van der Waals surface area contributed by atoms with Crippen LogP contribution in [0.1, 0.15) is 56.4 Å². The summed E-state index contributed by atoms with van der Waals surface area (Å²) in [7, 11) is 0. The molecule has 0 spiro atoms. The van der Waals surface area contributed by atoms with Crippen LogP contribution in [0.4, 0.5) is 5.95 Å². The molecule has 196 valence electrons. The van der Waals surface area contributed by atoms with Crippen molar-refractivity contribution in [2.75, 3.05) is 18.0 Å². The number of benzene rings is 1. The maximum absolute atomic E-state index is 13.8. The van der Waals surface area contributed by atoms with Crippen molar-refractivity contribution in [3.8, 4) is 11.3 Å². The van der Waals surface area contributed by atoms with E-state index in [-0.39, 0.29) is 29.5 Å². The Morgan fingerprint density at radius 3 is 2.42 bits per heavy atom. The Labute approximate surface area is 226 Å². The number of furan rings is 1. The number of aromatic nitrogens is 3. The zero-order valence-corrected chi connectivity index (χ0v) is 23.1. The molecule has 3 aromatic heterocycles. The van der Waals surface area contributed by atoms with E-state index in [0.717, 1.165) is 22.5 Å². The van der Waals surface area contributed by atoms with Gasteiger partial charge < -0.3 is 9.32 Å². The topological polar surface area (TPSA) is 92.4 Å². The normalized spacial score (nSPS) is 15.8. The fraction of sp³-hybridized carbons (Fsp3) is 0.345. The summed E-state index contributed by atoms with van der Waals surface area (Å²) >= 11 is 6.08. The van der Waals surface area contributed by atoms with Gasteiger partial charge in [-0.15, -0.1) is 0 Å². The molecule has 1 aliphatic rings. The number of halogens is 1. The highest BCUT2D eigenvalue weighted by atomic mass is 35.5. The average Bonchev–Trinajstić information content (AvgIpc) is 3.29. The van der Waals surface area contributed by atoms with E-state index in [4.69, 9.17) is 21.0 Å². The number of amides is 2. The van der Waals surface area contributed by atoms with Gasteiger partial charge in [0.2, 0.25) is 5.95 Å². The number of anilines is 1. The first-order chi connectivity index (χ1) is 17.9. The Morgan fingerprint density at radius 1 is 1.05 bits per heavy atom. The van der Waals surface area contributed by atoms with Crippen LogP contribution in [0.3, 0.4) is 0 Å². The van der Waals surface area contributed by atoms with E-state index in [0.29, 0.717) is 28.6 Å². The van der Waals surface area contributed by atoms with Crippen LogP contribution < -0.4 is 4.90 Å². The summed E-state index contributed by atoms with van der Waals surface area (Å²) in [4.78, 5) is 43.8. The molecule has 4 heterocycles. The van der Waals surface area contributed by atoms with Gasteiger partial charge in [0, 0.05) is 47.2 Å². The van der Waals surface area contributed by atoms with Gasteiger partial charge in [-0.1, -0.05) is 44.5 Å². The Balaban J connectivity index is 1.52. The minimum atomic E-state index is -1.13. The average molecular weight is 532 g/mol. The summed E-state index contributed by atoms with van der Waals surface area (Å²) in [6, 6.07) is 12.9. The monoisotopic (exact) mass is 531 g/mol. The minimum Gasteiger partial charge on any atom is -0.449 e. The number of hydrogen-bond donors (Lipinski definition) is 0. The first-order valence-corrected chi connectivity index (χ1v) is 12.9. The maximum atomic E-state index is 13.8. The van der Waals surface area contributed by atoms with Crippen molar-refractivity contribution < 1.29 is 14.0 Å². The number of nitrogens with zero attached hydrogens (tertiary/aromatic N) is 5. The Bertz CT molecular complexity index is 1550. The van der Waals surface area contributed by atoms with Crippen molar-refractivity contribution in [3.05, 3.63) is 70.7 Å². The number of hydrogen-bond acceptors (Lipinski definition) is 6. The predicted molar refractivity (Wildman–Crippen MR) is 147 cm³/mol. The lowest BCUT2D eigenvalue weighted by Gasteiger charge is -2.44. The molecule has 0 bridgehead atoms. The van der Waals surface area contributed by atoms with E-state index in [2.05, 4.69) is 30.7 Å². The fourth-order valence-corrected chi connectivity index (χ4v) is 4.85. The minimum absolute atomic E-state index is 0.146. The SMILES string of the molecule is Cc1ccnc(N2CCN(C(=O)c3cc4nc(-c5ccc(Cl)cc5)cc(C(C)(C)C)c4o3)C(C)(C)C2=O)n1. The smallest absolute Gasteiger partial charge is 0.290 e. The van der Waals surface area contributed by atoms with E-state index >= 15 is 0 Å². The van der Waals surface area contributed by atoms with Crippen LogP contribution in [0.5, 0.6) is 0 Å². The van der Waals surface area contributed by atoms with Crippen molar-refractivity contribution in [2.45, 2.75) is 52.5 Å². The number of rotatable bonds is 3. The molecule has 1 aromatic carbocycles. The Morgan fingerprint density at radius 2 is 1.76 bits per heavy atom. The lowest BCUT2D eigenvalue weighted by molar-refractivity contribution is -0.130. The molecule has 9 heteroatoms. The second-order valence-corrected chi connectivity index (χ2v) is 11.5. The van der Waals surface area contributed by atoms with Crippen LogP contribution in [0.2, 0.25) is 5.02 Å². The largest absolute Gasteiger partial charge is 0.449 e. The molecule has 2 amide bonds. The standard InChI is InChI=1S/C29H30ClN5O3/c1-17-11-12-31-27(32-17)34-13-14-35(29(5,6)26(34)37)25(36)23-16-22-24(38-23)20(28(2,3)4)15-21(33-22)18-7-9-19(30)10-8-18/h7-12,15-16H,13-14H2,1-6H3. The van der Waals surface area contributed by atoms with Crippen LogP contribution in [-0.4, -0.2) is 50.3 Å². The van der Waals surface area contributed by atoms with Gasteiger partial charge in [-0.2, -0.15) is 0 Å². The fourth-order valence-electron chi connectivity index (χ4n) is 4.72. The van der Waals surface area contributed by atoms with Crippen LogP contribution in [0.15, 0.2) is 53.1 Å². The van der Waals surface area contributed by atoms with E-state index in [1.807, 2.05) is 37.3 Å². The lowest BCUT2D eigenvalue weighted by Crippen LogP contribution is -2.65. The number of aryl methyl sites for hydroxylation is 1. The molecule has 0 atom stereocenters. The molecule has 0 saturated carbocycles. The third-order valence-corrected chi connectivity index (χ3v) is 7.15. The van der Waals surface area contributed by atoms with E-state index in [1.54, 1.807) is 37.1 Å². The van der Waals surface area contributed by atoms with Crippen LogP contribution >= 0.6 is 11.6 Å². The molecule has 0 radical (unpaired) electrons. The number of pyridine rings is 1. The van der Waals surface area contributed by atoms with Gasteiger partial charge in [0.25, 0.3) is 11.8 Å². The van der Waals surface area contributed by atoms with Gasteiger partial charge in [-0.05, 0) is 50.5 Å². The van der Waals surface area contributed by atoms with E-state index in [9.17, 15) is 9.59 Å². The molecule has 0 unspecified atom stereocenters. The molecule has 8 nitrogen and oxygen atoms in total. The van der Waals surface area contributed by atoms with Gasteiger partial charge in [0.05, 0.1) is 5.69 Å². The number of carbonyl (C=O) groups excluding carboxylic acids is 2. The Hall–Kier alpha value is -3.78. The maximum Gasteiger partial charge on any atom is 0.290 e. The van der Waals surface area contributed by atoms with Gasteiger partial charge in [0.15, 0.2) is 11.3 Å². The molecular weight excluding hydrogens is 502 g/mol.